The molecule has 0 aliphatic carbocycles. The number of carbonyl (C=O) groups is 1. The van der Waals surface area contributed by atoms with Gasteiger partial charge in [-0.2, -0.15) is 5.26 Å². The Hall–Kier alpha value is -4.47. The van der Waals surface area contributed by atoms with Crippen molar-refractivity contribution in [3.63, 3.8) is 0 Å². The summed E-state index contributed by atoms with van der Waals surface area (Å²) in [5, 5.41) is 9.19. The van der Waals surface area contributed by atoms with Crippen LogP contribution in [-0.2, 0) is 21.5 Å². The Kier molecular flexibility index (Phi) is 8.75. The molecule has 0 aliphatic heterocycles. The maximum atomic E-state index is 12.7. The van der Waals surface area contributed by atoms with Gasteiger partial charge in [-0.05, 0) is 34.4 Å². The van der Waals surface area contributed by atoms with Crippen molar-refractivity contribution >= 4 is 23.0 Å². The highest BCUT2D eigenvalue weighted by Crippen LogP contribution is 2.50. The molecule has 6 heteroatoms. The van der Waals surface area contributed by atoms with Crippen LogP contribution >= 0.6 is 17.0 Å². The van der Waals surface area contributed by atoms with Crippen molar-refractivity contribution < 1.29 is 9.53 Å². The Morgan fingerprint density at radius 1 is 0.846 bits per heavy atom. The van der Waals surface area contributed by atoms with Crippen LogP contribution in [0, 0.1) is 11.3 Å². The van der Waals surface area contributed by atoms with Gasteiger partial charge in [0.05, 0.1) is 35.3 Å². The standard InChI is InChI=1S/C33H27N3O2.BrH/c1-25(37)38-32(31-22-35-24-36(31)23-27-19-17-26(21-34)18-20-27)33(28-11-5-2-6-12-28,29-13-7-3-8-14-29)30-15-9-4-10-16-30;/h2-20,22,24,32H,23H2,1H3;1H. The molecule has 0 bridgehead atoms. The van der Waals surface area contributed by atoms with Crippen molar-refractivity contribution in [3.05, 3.63) is 161 Å². The van der Waals surface area contributed by atoms with Crippen molar-refractivity contribution in [1.29, 1.82) is 5.26 Å². The minimum absolute atomic E-state index is 0. The summed E-state index contributed by atoms with van der Waals surface area (Å²) in [5.41, 5.74) is 4.50. The van der Waals surface area contributed by atoms with Crippen LogP contribution in [0.3, 0.4) is 0 Å². The summed E-state index contributed by atoms with van der Waals surface area (Å²) < 4.78 is 8.31. The highest BCUT2D eigenvalue weighted by molar-refractivity contribution is 8.93. The highest BCUT2D eigenvalue weighted by Gasteiger charge is 2.48. The number of nitrogens with zero attached hydrogens (tertiary/aromatic N) is 3. The third-order valence-corrected chi connectivity index (χ3v) is 6.81. The first-order valence-electron chi connectivity index (χ1n) is 12.5. The lowest BCUT2D eigenvalue weighted by atomic mass is 9.65. The molecule has 4 aromatic carbocycles. The molecule has 194 valence electrons. The number of rotatable bonds is 8. The Balaban J connectivity index is 0.00000353. The fraction of sp³-hybridized carbons (Fsp3) is 0.121. The van der Waals surface area contributed by atoms with Crippen molar-refractivity contribution in [2.24, 2.45) is 0 Å². The number of aromatic nitrogens is 2. The van der Waals surface area contributed by atoms with Crippen LogP contribution in [0.5, 0.6) is 0 Å². The number of hydrogen-bond donors (Lipinski definition) is 0. The van der Waals surface area contributed by atoms with Crippen LogP contribution in [-0.4, -0.2) is 15.5 Å². The molecule has 0 amide bonds. The van der Waals surface area contributed by atoms with Crippen molar-refractivity contribution in [1.82, 2.24) is 9.55 Å². The number of carbonyl (C=O) groups excluding carboxylic acids is 1. The van der Waals surface area contributed by atoms with E-state index >= 15 is 0 Å². The van der Waals surface area contributed by atoms with E-state index in [4.69, 9.17) is 4.74 Å². The quantitative estimate of drug-likeness (QED) is 0.147. The molecule has 0 N–H and O–H groups in total. The summed E-state index contributed by atoms with van der Waals surface area (Å²) in [4.78, 5) is 17.2. The zero-order valence-corrected chi connectivity index (χ0v) is 23.2. The van der Waals surface area contributed by atoms with E-state index in [1.165, 1.54) is 6.92 Å². The number of esters is 1. The second-order valence-corrected chi connectivity index (χ2v) is 9.15. The summed E-state index contributed by atoms with van der Waals surface area (Å²) in [5.74, 6) is -0.381. The third kappa shape index (κ3) is 5.55. The Morgan fingerprint density at radius 2 is 1.33 bits per heavy atom. The van der Waals surface area contributed by atoms with E-state index in [0.29, 0.717) is 12.1 Å². The maximum Gasteiger partial charge on any atom is 0.303 e. The molecule has 0 aliphatic rings. The van der Waals surface area contributed by atoms with E-state index in [2.05, 4.69) is 47.5 Å². The molecule has 0 saturated carbocycles. The first-order chi connectivity index (χ1) is 18.6. The molecule has 1 atom stereocenters. The fourth-order valence-corrected chi connectivity index (χ4v) is 5.16. The van der Waals surface area contributed by atoms with Gasteiger partial charge >= 0.3 is 5.97 Å². The molecule has 0 radical (unpaired) electrons. The maximum absolute atomic E-state index is 12.7. The zero-order valence-electron chi connectivity index (χ0n) is 21.5. The van der Waals surface area contributed by atoms with Gasteiger partial charge in [0.2, 0.25) is 0 Å². The second-order valence-electron chi connectivity index (χ2n) is 9.15. The van der Waals surface area contributed by atoms with Crippen LogP contribution in [0.2, 0.25) is 0 Å². The Labute approximate surface area is 239 Å². The smallest absolute Gasteiger partial charge is 0.303 e. The van der Waals surface area contributed by atoms with Gasteiger partial charge < -0.3 is 9.30 Å². The number of halogens is 1. The topological polar surface area (TPSA) is 67.9 Å². The third-order valence-electron chi connectivity index (χ3n) is 6.81. The lowest BCUT2D eigenvalue weighted by molar-refractivity contribution is -0.149. The molecule has 1 unspecified atom stereocenters. The molecule has 1 heterocycles. The van der Waals surface area contributed by atoms with Crippen molar-refractivity contribution in [2.75, 3.05) is 0 Å². The predicted octanol–water partition coefficient (Wildman–Crippen LogP) is 7.02. The minimum Gasteiger partial charge on any atom is -0.454 e. The molecule has 0 fully saturated rings. The van der Waals surface area contributed by atoms with E-state index in [-0.39, 0.29) is 23.0 Å². The summed E-state index contributed by atoms with van der Waals surface area (Å²) in [6, 6.07) is 40.1. The monoisotopic (exact) mass is 577 g/mol. The average molecular weight is 579 g/mol. The largest absolute Gasteiger partial charge is 0.454 e. The molecule has 5 aromatic rings. The summed E-state index contributed by atoms with van der Waals surface area (Å²) in [6.07, 6.45) is 2.81. The normalized spacial score (nSPS) is 11.6. The van der Waals surface area contributed by atoms with Crippen molar-refractivity contribution in [3.8, 4) is 6.07 Å². The van der Waals surface area contributed by atoms with Crippen molar-refractivity contribution in [2.45, 2.75) is 25.0 Å². The van der Waals surface area contributed by atoms with Gasteiger partial charge in [-0.15, -0.1) is 17.0 Å². The highest BCUT2D eigenvalue weighted by atomic mass is 79.9. The lowest BCUT2D eigenvalue weighted by Gasteiger charge is -2.42. The van der Waals surface area contributed by atoms with Crippen LogP contribution in [0.1, 0.15) is 46.5 Å². The minimum atomic E-state index is -0.863. The van der Waals surface area contributed by atoms with E-state index in [1.54, 1.807) is 24.7 Å². The molecule has 0 saturated heterocycles. The first-order valence-corrected chi connectivity index (χ1v) is 12.5. The van der Waals surface area contributed by atoms with Gasteiger partial charge in [0.25, 0.3) is 0 Å². The Morgan fingerprint density at radius 3 is 1.77 bits per heavy atom. The molecule has 39 heavy (non-hydrogen) atoms. The SMILES string of the molecule is Br.CC(=O)OC(c1cncn1Cc1ccc(C#N)cc1)C(c1ccccc1)(c1ccccc1)c1ccccc1. The second kappa shape index (κ2) is 12.4. The number of imidazole rings is 1. The van der Waals surface area contributed by atoms with Gasteiger partial charge in [0.15, 0.2) is 6.10 Å². The van der Waals surface area contributed by atoms with E-state index in [1.807, 2.05) is 71.3 Å². The van der Waals surface area contributed by atoms with Crippen LogP contribution in [0.25, 0.3) is 0 Å². The van der Waals surface area contributed by atoms with E-state index < -0.39 is 11.5 Å². The van der Waals surface area contributed by atoms with Gasteiger partial charge in [0, 0.05) is 13.5 Å². The number of hydrogen-bond acceptors (Lipinski definition) is 4. The number of nitriles is 1. The van der Waals surface area contributed by atoms with Gasteiger partial charge in [-0.3, -0.25) is 4.79 Å². The molecule has 5 rings (SSSR count). The van der Waals surface area contributed by atoms with E-state index in [9.17, 15) is 10.1 Å². The van der Waals surface area contributed by atoms with Gasteiger partial charge in [-0.25, -0.2) is 4.98 Å². The lowest BCUT2D eigenvalue weighted by Crippen LogP contribution is -2.39. The van der Waals surface area contributed by atoms with Gasteiger partial charge in [0.1, 0.15) is 0 Å². The molecular weight excluding hydrogens is 550 g/mol. The fourth-order valence-electron chi connectivity index (χ4n) is 5.16. The average Bonchev–Trinajstić information content (AvgIpc) is 3.42. The number of benzene rings is 4. The van der Waals surface area contributed by atoms with Crippen LogP contribution in [0.15, 0.2) is 128 Å². The Bertz CT molecular complexity index is 1450. The summed E-state index contributed by atoms with van der Waals surface area (Å²) >= 11 is 0. The zero-order chi connectivity index (χ0) is 26.4. The van der Waals surface area contributed by atoms with Gasteiger partial charge in [-0.1, -0.05) is 103 Å². The number of ether oxygens (including phenoxy) is 1. The molecular formula is C33H28BrN3O2. The van der Waals surface area contributed by atoms with Crippen LogP contribution in [0.4, 0.5) is 0 Å². The molecule has 0 spiro atoms. The predicted molar refractivity (Wildman–Crippen MR) is 157 cm³/mol. The summed E-state index contributed by atoms with van der Waals surface area (Å²) in [6.45, 7) is 1.95. The van der Waals surface area contributed by atoms with Crippen LogP contribution < -0.4 is 0 Å². The molecule has 5 nitrogen and oxygen atoms in total. The summed E-state index contributed by atoms with van der Waals surface area (Å²) in [7, 11) is 0. The van der Waals surface area contributed by atoms with E-state index in [0.717, 1.165) is 27.9 Å². The first kappa shape index (κ1) is 27.6. The molecule has 1 aromatic heterocycles.